The molecule has 23 heavy (non-hydrogen) atoms. The van der Waals surface area contributed by atoms with Crippen LogP contribution in [0.4, 0.5) is 0 Å². The largest absolute Gasteiger partial charge is 0.480 e. The highest BCUT2D eigenvalue weighted by molar-refractivity contribution is 5.85. The monoisotopic (exact) mass is 314 g/mol. The smallest absolute Gasteiger partial charge is 0.326 e. The second-order valence-electron chi connectivity index (χ2n) is 6.08. The zero-order chi connectivity index (χ0) is 16.8. The van der Waals surface area contributed by atoms with E-state index in [1.54, 1.807) is 6.20 Å². The number of carboxylic acid groups (broad SMARTS) is 1. The SMILES string of the molecule is CC(C)CC(NC(=O)CCc1ccnc2ccccc12)C(=O)O. The number of aromatic nitrogens is 1. The van der Waals surface area contributed by atoms with Crippen molar-refractivity contribution < 1.29 is 14.7 Å². The lowest BCUT2D eigenvalue weighted by molar-refractivity contribution is -0.142. The Bertz CT molecular complexity index is 692. The van der Waals surface area contributed by atoms with Gasteiger partial charge >= 0.3 is 5.97 Å². The number of rotatable bonds is 7. The minimum Gasteiger partial charge on any atom is -0.480 e. The molecular weight excluding hydrogens is 292 g/mol. The minimum atomic E-state index is -0.985. The standard InChI is InChI=1S/C18H22N2O3/c1-12(2)11-16(18(22)23)20-17(21)8-7-13-9-10-19-15-6-4-3-5-14(13)15/h3-6,9-10,12,16H,7-8,11H2,1-2H3,(H,20,21)(H,22,23). The first-order chi connectivity index (χ1) is 11.0. The van der Waals surface area contributed by atoms with E-state index in [0.717, 1.165) is 16.5 Å². The lowest BCUT2D eigenvalue weighted by atomic mass is 10.0. The molecule has 0 radical (unpaired) electrons. The maximum absolute atomic E-state index is 12.1. The normalized spacial score (nSPS) is 12.3. The van der Waals surface area contributed by atoms with Crippen LogP contribution in [0.25, 0.3) is 10.9 Å². The highest BCUT2D eigenvalue weighted by atomic mass is 16.4. The molecule has 0 bridgehead atoms. The third-order valence-electron chi connectivity index (χ3n) is 3.70. The molecule has 5 heteroatoms. The topological polar surface area (TPSA) is 79.3 Å². The number of aliphatic carboxylic acids is 1. The number of carbonyl (C=O) groups excluding carboxylic acids is 1. The van der Waals surface area contributed by atoms with Gasteiger partial charge in [0.05, 0.1) is 5.52 Å². The van der Waals surface area contributed by atoms with Gasteiger partial charge in [0.25, 0.3) is 0 Å². The van der Waals surface area contributed by atoms with Crippen LogP contribution < -0.4 is 5.32 Å². The van der Waals surface area contributed by atoms with Crippen molar-refractivity contribution in [2.45, 2.75) is 39.2 Å². The van der Waals surface area contributed by atoms with Crippen molar-refractivity contribution in [3.63, 3.8) is 0 Å². The number of amides is 1. The number of carbonyl (C=O) groups is 2. The van der Waals surface area contributed by atoms with Crippen molar-refractivity contribution in [3.05, 3.63) is 42.1 Å². The number of fused-ring (bicyclic) bond motifs is 1. The predicted octanol–water partition coefficient (Wildman–Crippen LogP) is 2.78. The lowest BCUT2D eigenvalue weighted by Gasteiger charge is -2.16. The van der Waals surface area contributed by atoms with E-state index in [1.165, 1.54) is 0 Å². The highest BCUT2D eigenvalue weighted by Gasteiger charge is 2.20. The van der Waals surface area contributed by atoms with Crippen LogP contribution in [0.5, 0.6) is 0 Å². The number of benzene rings is 1. The number of nitrogens with one attached hydrogen (secondary N) is 1. The van der Waals surface area contributed by atoms with E-state index in [9.17, 15) is 14.7 Å². The molecule has 0 aliphatic heterocycles. The van der Waals surface area contributed by atoms with Crippen LogP contribution in [0.1, 0.15) is 32.3 Å². The molecule has 0 aliphatic carbocycles. The first-order valence-electron chi connectivity index (χ1n) is 7.82. The second kappa shape index (κ2) is 7.72. The number of para-hydroxylation sites is 1. The zero-order valence-corrected chi connectivity index (χ0v) is 13.5. The summed E-state index contributed by atoms with van der Waals surface area (Å²) < 4.78 is 0. The fourth-order valence-electron chi connectivity index (χ4n) is 2.58. The molecular formula is C18H22N2O3. The fraction of sp³-hybridized carbons (Fsp3) is 0.389. The molecule has 1 unspecified atom stereocenters. The molecule has 0 fully saturated rings. The van der Waals surface area contributed by atoms with Gasteiger partial charge in [0.15, 0.2) is 0 Å². The zero-order valence-electron chi connectivity index (χ0n) is 13.5. The number of pyridine rings is 1. The molecule has 2 N–H and O–H groups in total. The molecule has 1 amide bonds. The molecule has 2 aromatic rings. The van der Waals surface area contributed by atoms with Crippen molar-refractivity contribution in [2.24, 2.45) is 5.92 Å². The fourth-order valence-corrected chi connectivity index (χ4v) is 2.58. The lowest BCUT2D eigenvalue weighted by Crippen LogP contribution is -2.41. The number of hydrogen-bond donors (Lipinski definition) is 2. The van der Waals surface area contributed by atoms with E-state index in [0.29, 0.717) is 12.8 Å². The highest BCUT2D eigenvalue weighted by Crippen LogP contribution is 2.17. The van der Waals surface area contributed by atoms with E-state index in [2.05, 4.69) is 10.3 Å². The van der Waals surface area contributed by atoms with Gasteiger partial charge in [-0.1, -0.05) is 32.0 Å². The maximum Gasteiger partial charge on any atom is 0.326 e. The number of hydrogen-bond acceptors (Lipinski definition) is 3. The van der Waals surface area contributed by atoms with Gasteiger partial charge in [-0.3, -0.25) is 9.78 Å². The van der Waals surface area contributed by atoms with Gasteiger partial charge in [0.1, 0.15) is 6.04 Å². The second-order valence-corrected chi connectivity index (χ2v) is 6.08. The van der Waals surface area contributed by atoms with Gasteiger partial charge in [0, 0.05) is 18.0 Å². The van der Waals surface area contributed by atoms with Gasteiger partial charge in [-0.25, -0.2) is 4.79 Å². The van der Waals surface area contributed by atoms with Gasteiger partial charge in [-0.2, -0.15) is 0 Å². The summed E-state index contributed by atoms with van der Waals surface area (Å²) in [7, 11) is 0. The van der Waals surface area contributed by atoms with Crippen LogP contribution in [0.2, 0.25) is 0 Å². The molecule has 0 aliphatic rings. The number of nitrogens with zero attached hydrogens (tertiary/aromatic N) is 1. The summed E-state index contributed by atoms with van der Waals surface area (Å²) in [6.45, 7) is 3.87. The molecule has 5 nitrogen and oxygen atoms in total. The first kappa shape index (κ1) is 16.9. The maximum atomic E-state index is 12.1. The van der Waals surface area contributed by atoms with E-state index in [4.69, 9.17) is 0 Å². The minimum absolute atomic E-state index is 0.209. The summed E-state index contributed by atoms with van der Waals surface area (Å²) in [5.74, 6) is -1.01. The molecule has 1 atom stereocenters. The van der Waals surface area contributed by atoms with Crippen molar-refractivity contribution >= 4 is 22.8 Å². The summed E-state index contributed by atoms with van der Waals surface area (Å²) in [5, 5.41) is 12.8. The van der Waals surface area contributed by atoms with Crippen LogP contribution in [0.3, 0.4) is 0 Å². The van der Waals surface area contributed by atoms with Crippen molar-refractivity contribution in [2.75, 3.05) is 0 Å². The Morgan fingerprint density at radius 1 is 1.22 bits per heavy atom. The Hall–Kier alpha value is -2.43. The van der Waals surface area contributed by atoms with Crippen molar-refractivity contribution in [1.29, 1.82) is 0 Å². The van der Waals surface area contributed by atoms with E-state index < -0.39 is 12.0 Å². The Kier molecular flexibility index (Phi) is 5.68. The van der Waals surface area contributed by atoms with Crippen molar-refractivity contribution in [1.82, 2.24) is 10.3 Å². The van der Waals surface area contributed by atoms with Crippen LogP contribution >= 0.6 is 0 Å². The number of carboxylic acids is 1. The Morgan fingerprint density at radius 2 is 1.96 bits per heavy atom. The molecule has 0 saturated heterocycles. The van der Waals surface area contributed by atoms with Crippen molar-refractivity contribution in [3.8, 4) is 0 Å². The Morgan fingerprint density at radius 3 is 2.65 bits per heavy atom. The summed E-state index contributed by atoms with van der Waals surface area (Å²) >= 11 is 0. The molecule has 0 saturated carbocycles. The molecule has 1 heterocycles. The molecule has 2 rings (SSSR count). The van der Waals surface area contributed by atoms with Gasteiger partial charge in [0.2, 0.25) is 5.91 Å². The molecule has 1 aromatic heterocycles. The van der Waals surface area contributed by atoms with Crippen LogP contribution in [-0.4, -0.2) is 28.0 Å². The third kappa shape index (κ3) is 4.77. The van der Waals surface area contributed by atoms with Crippen LogP contribution in [0, 0.1) is 5.92 Å². The van der Waals surface area contributed by atoms with Crippen LogP contribution in [-0.2, 0) is 16.0 Å². The number of aryl methyl sites for hydroxylation is 1. The van der Waals surface area contributed by atoms with E-state index in [1.807, 2.05) is 44.2 Å². The average Bonchev–Trinajstić information content (AvgIpc) is 2.51. The van der Waals surface area contributed by atoms with Crippen LogP contribution in [0.15, 0.2) is 36.5 Å². The van der Waals surface area contributed by atoms with E-state index >= 15 is 0 Å². The van der Waals surface area contributed by atoms with E-state index in [-0.39, 0.29) is 18.2 Å². The Balaban J connectivity index is 1.99. The summed E-state index contributed by atoms with van der Waals surface area (Å²) in [6, 6.07) is 8.86. The Labute approximate surface area is 135 Å². The average molecular weight is 314 g/mol. The summed E-state index contributed by atoms with van der Waals surface area (Å²) in [6.07, 6.45) is 2.98. The molecule has 122 valence electrons. The third-order valence-corrected chi connectivity index (χ3v) is 3.70. The summed E-state index contributed by atoms with van der Waals surface area (Å²) in [4.78, 5) is 27.6. The molecule has 0 spiro atoms. The predicted molar refractivity (Wildman–Crippen MR) is 89.1 cm³/mol. The van der Waals surface area contributed by atoms with Gasteiger partial charge in [-0.15, -0.1) is 0 Å². The quantitative estimate of drug-likeness (QED) is 0.823. The van der Waals surface area contributed by atoms with Gasteiger partial charge < -0.3 is 10.4 Å². The van der Waals surface area contributed by atoms with Gasteiger partial charge in [-0.05, 0) is 36.5 Å². The first-order valence-corrected chi connectivity index (χ1v) is 7.82. The summed E-state index contributed by atoms with van der Waals surface area (Å²) in [5.41, 5.74) is 1.94. The molecule has 1 aromatic carbocycles.